The zero-order chi connectivity index (χ0) is 13.8. The molecule has 0 aromatic rings. The summed E-state index contributed by atoms with van der Waals surface area (Å²) in [5.74, 6) is -0.312. The molecule has 2 aliphatic carbocycles. The Bertz CT molecular complexity index is 342. The Hall–Kier alpha value is -1.06. The molecule has 0 spiro atoms. The summed E-state index contributed by atoms with van der Waals surface area (Å²) in [6.07, 6.45) is 7.75. The van der Waals surface area contributed by atoms with E-state index in [1.807, 2.05) is 0 Å². The van der Waals surface area contributed by atoms with E-state index in [1.165, 1.54) is 19.3 Å². The maximum atomic E-state index is 12.2. The molecule has 108 valence electrons. The van der Waals surface area contributed by atoms with Crippen molar-refractivity contribution in [2.24, 2.45) is 17.8 Å². The maximum absolute atomic E-state index is 12.2. The Kier molecular flexibility index (Phi) is 4.83. The van der Waals surface area contributed by atoms with Gasteiger partial charge in [0.2, 0.25) is 5.91 Å². The van der Waals surface area contributed by atoms with Crippen molar-refractivity contribution in [3.63, 3.8) is 0 Å². The fraction of sp³-hybridized carbons (Fsp3) is 0.867. The summed E-state index contributed by atoms with van der Waals surface area (Å²) in [6, 6.07) is 0.315. The van der Waals surface area contributed by atoms with Crippen LogP contribution in [0.1, 0.15) is 58.3 Å². The zero-order valence-corrected chi connectivity index (χ0v) is 11.7. The summed E-state index contributed by atoms with van der Waals surface area (Å²) in [6.45, 7) is 2.21. The molecule has 0 heterocycles. The summed E-state index contributed by atoms with van der Waals surface area (Å²) in [5.41, 5.74) is 0. The van der Waals surface area contributed by atoms with Gasteiger partial charge in [-0.1, -0.05) is 26.2 Å². The Labute approximate surface area is 115 Å². The summed E-state index contributed by atoms with van der Waals surface area (Å²) in [7, 11) is 0. The summed E-state index contributed by atoms with van der Waals surface area (Å²) < 4.78 is 0. The van der Waals surface area contributed by atoms with E-state index in [2.05, 4.69) is 12.2 Å². The molecule has 2 aliphatic rings. The molecule has 0 bridgehead atoms. The fourth-order valence-electron chi connectivity index (χ4n) is 3.56. The molecule has 4 nitrogen and oxygen atoms in total. The van der Waals surface area contributed by atoms with Crippen LogP contribution in [-0.4, -0.2) is 23.0 Å². The monoisotopic (exact) mass is 267 g/mol. The number of aliphatic carboxylic acids is 1. The highest BCUT2D eigenvalue weighted by atomic mass is 16.4. The third kappa shape index (κ3) is 3.71. The third-order valence-electron chi connectivity index (χ3n) is 4.86. The van der Waals surface area contributed by atoms with Crippen LogP contribution < -0.4 is 5.32 Å². The van der Waals surface area contributed by atoms with E-state index in [0.717, 1.165) is 25.2 Å². The lowest BCUT2D eigenvalue weighted by atomic mass is 9.84. The standard InChI is InChI=1S/C15H25NO3/c1-2-10-4-3-5-13(8-10)16-14(17)11-6-7-12(9-11)15(18)19/h10-13H,2-9H2,1H3,(H,16,17)(H,18,19). The molecule has 2 N–H and O–H groups in total. The van der Waals surface area contributed by atoms with Gasteiger partial charge in [0.15, 0.2) is 0 Å². The number of carbonyl (C=O) groups is 2. The van der Waals surface area contributed by atoms with Gasteiger partial charge in [0.05, 0.1) is 5.92 Å². The molecule has 0 aromatic heterocycles. The Balaban J connectivity index is 1.79. The minimum absolute atomic E-state index is 0.0805. The highest BCUT2D eigenvalue weighted by molar-refractivity contribution is 5.81. The molecule has 2 saturated carbocycles. The molecule has 2 fully saturated rings. The van der Waals surface area contributed by atoms with E-state index in [4.69, 9.17) is 5.11 Å². The van der Waals surface area contributed by atoms with Crippen molar-refractivity contribution in [1.82, 2.24) is 5.32 Å². The van der Waals surface area contributed by atoms with Crippen LogP contribution >= 0.6 is 0 Å². The first-order chi connectivity index (χ1) is 9.10. The van der Waals surface area contributed by atoms with Crippen molar-refractivity contribution in [2.45, 2.75) is 64.3 Å². The lowest BCUT2D eigenvalue weighted by Crippen LogP contribution is -2.41. The van der Waals surface area contributed by atoms with Gasteiger partial charge in [0, 0.05) is 12.0 Å². The van der Waals surface area contributed by atoms with Gasteiger partial charge in [0.1, 0.15) is 0 Å². The van der Waals surface area contributed by atoms with Gasteiger partial charge in [0.25, 0.3) is 0 Å². The van der Waals surface area contributed by atoms with Gasteiger partial charge in [-0.3, -0.25) is 9.59 Å². The number of nitrogens with one attached hydrogen (secondary N) is 1. The van der Waals surface area contributed by atoms with E-state index in [-0.39, 0.29) is 17.7 Å². The molecular weight excluding hydrogens is 242 g/mol. The van der Waals surface area contributed by atoms with Crippen molar-refractivity contribution in [1.29, 1.82) is 0 Å². The quantitative estimate of drug-likeness (QED) is 0.822. The number of carbonyl (C=O) groups excluding carboxylic acids is 1. The SMILES string of the molecule is CCC1CCCC(NC(=O)C2CCC(C(=O)O)C2)C1. The molecular formula is C15H25NO3. The van der Waals surface area contributed by atoms with Crippen molar-refractivity contribution >= 4 is 11.9 Å². The van der Waals surface area contributed by atoms with E-state index in [9.17, 15) is 9.59 Å². The Morgan fingerprint density at radius 1 is 1.11 bits per heavy atom. The fourth-order valence-corrected chi connectivity index (χ4v) is 3.56. The first-order valence-corrected chi connectivity index (χ1v) is 7.63. The van der Waals surface area contributed by atoms with Crippen LogP contribution in [0.25, 0.3) is 0 Å². The van der Waals surface area contributed by atoms with Crippen molar-refractivity contribution in [3.8, 4) is 0 Å². The topological polar surface area (TPSA) is 66.4 Å². The normalized spacial score (nSPS) is 35.0. The number of carboxylic acid groups (broad SMARTS) is 1. The largest absolute Gasteiger partial charge is 0.481 e. The molecule has 0 radical (unpaired) electrons. The zero-order valence-electron chi connectivity index (χ0n) is 11.7. The van der Waals surface area contributed by atoms with Crippen LogP contribution in [0.4, 0.5) is 0 Å². The number of hydrogen-bond acceptors (Lipinski definition) is 2. The second-order valence-corrected chi connectivity index (χ2v) is 6.19. The molecule has 19 heavy (non-hydrogen) atoms. The number of amides is 1. The van der Waals surface area contributed by atoms with Crippen molar-refractivity contribution in [3.05, 3.63) is 0 Å². The van der Waals surface area contributed by atoms with Gasteiger partial charge in [-0.2, -0.15) is 0 Å². The number of carboxylic acids is 1. The van der Waals surface area contributed by atoms with Crippen LogP contribution in [0.3, 0.4) is 0 Å². The Morgan fingerprint density at radius 2 is 1.84 bits per heavy atom. The Morgan fingerprint density at radius 3 is 2.47 bits per heavy atom. The van der Waals surface area contributed by atoms with Gasteiger partial charge < -0.3 is 10.4 Å². The van der Waals surface area contributed by atoms with Gasteiger partial charge in [-0.05, 0) is 38.0 Å². The summed E-state index contributed by atoms with van der Waals surface area (Å²) in [4.78, 5) is 23.1. The molecule has 0 aromatic carbocycles. The molecule has 2 rings (SSSR count). The first-order valence-electron chi connectivity index (χ1n) is 7.63. The molecule has 4 unspecified atom stereocenters. The van der Waals surface area contributed by atoms with Crippen LogP contribution in [0.15, 0.2) is 0 Å². The van der Waals surface area contributed by atoms with Crippen LogP contribution in [0.5, 0.6) is 0 Å². The average Bonchev–Trinajstić information content (AvgIpc) is 2.89. The van der Waals surface area contributed by atoms with Gasteiger partial charge in [-0.25, -0.2) is 0 Å². The highest BCUT2D eigenvalue weighted by Gasteiger charge is 2.34. The predicted octanol–water partition coefficient (Wildman–Crippen LogP) is 2.57. The van der Waals surface area contributed by atoms with E-state index in [0.29, 0.717) is 18.9 Å². The summed E-state index contributed by atoms with van der Waals surface area (Å²) >= 11 is 0. The lowest BCUT2D eigenvalue weighted by molar-refractivity contribution is -0.141. The highest BCUT2D eigenvalue weighted by Crippen LogP contribution is 2.32. The van der Waals surface area contributed by atoms with Crippen LogP contribution in [-0.2, 0) is 9.59 Å². The minimum Gasteiger partial charge on any atom is -0.481 e. The van der Waals surface area contributed by atoms with E-state index in [1.54, 1.807) is 0 Å². The lowest BCUT2D eigenvalue weighted by Gasteiger charge is -2.29. The molecule has 0 saturated heterocycles. The van der Waals surface area contributed by atoms with E-state index < -0.39 is 5.97 Å². The number of hydrogen-bond donors (Lipinski definition) is 2. The van der Waals surface area contributed by atoms with E-state index >= 15 is 0 Å². The molecule has 4 atom stereocenters. The average molecular weight is 267 g/mol. The maximum Gasteiger partial charge on any atom is 0.306 e. The van der Waals surface area contributed by atoms with Gasteiger partial charge in [-0.15, -0.1) is 0 Å². The summed E-state index contributed by atoms with van der Waals surface area (Å²) in [5, 5.41) is 12.1. The predicted molar refractivity (Wildman–Crippen MR) is 72.6 cm³/mol. The van der Waals surface area contributed by atoms with Crippen molar-refractivity contribution < 1.29 is 14.7 Å². The first kappa shape index (κ1) is 14.4. The minimum atomic E-state index is -0.751. The smallest absolute Gasteiger partial charge is 0.306 e. The van der Waals surface area contributed by atoms with Crippen LogP contribution in [0, 0.1) is 17.8 Å². The van der Waals surface area contributed by atoms with Crippen molar-refractivity contribution in [2.75, 3.05) is 0 Å². The second-order valence-electron chi connectivity index (χ2n) is 6.19. The third-order valence-corrected chi connectivity index (χ3v) is 4.86. The molecule has 1 amide bonds. The number of rotatable bonds is 4. The second kappa shape index (κ2) is 6.40. The molecule has 4 heteroatoms. The van der Waals surface area contributed by atoms with Gasteiger partial charge >= 0.3 is 5.97 Å². The van der Waals surface area contributed by atoms with Crippen LogP contribution in [0.2, 0.25) is 0 Å². The molecule has 0 aliphatic heterocycles.